The molecule has 12 heteroatoms. The second-order valence-electron chi connectivity index (χ2n) is 6.88. The quantitative estimate of drug-likeness (QED) is 0.468. The first-order valence-corrected chi connectivity index (χ1v) is 10.3. The van der Waals surface area contributed by atoms with E-state index in [0.717, 1.165) is 18.7 Å². The normalized spacial score (nSPS) is 16.3. The number of aromatic nitrogens is 5. The third-order valence-corrected chi connectivity index (χ3v) is 5.90. The van der Waals surface area contributed by atoms with E-state index in [2.05, 4.69) is 15.0 Å². The van der Waals surface area contributed by atoms with E-state index in [4.69, 9.17) is 0 Å². The number of hydrogen-bond donors (Lipinski definition) is 0. The van der Waals surface area contributed by atoms with Gasteiger partial charge in [0.2, 0.25) is 0 Å². The molecule has 6 nitrogen and oxygen atoms in total. The minimum absolute atomic E-state index is 0.122. The van der Waals surface area contributed by atoms with E-state index in [-0.39, 0.29) is 17.0 Å². The smallest absolute Gasteiger partial charge is 0.458 e. The Hall–Kier alpha value is -2.21. The van der Waals surface area contributed by atoms with Crippen LogP contribution in [0.4, 0.5) is 22.0 Å². The number of imidazole rings is 2. The second-order valence-corrected chi connectivity index (χ2v) is 8.17. The molecule has 0 bridgehead atoms. The van der Waals surface area contributed by atoms with Crippen LogP contribution in [0.25, 0.3) is 22.7 Å². The van der Waals surface area contributed by atoms with Crippen LogP contribution in [0.1, 0.15) is 24.2 Å². The molecule has 29 heavy (non-hydrogen) atoms. The van der Waals surface area contributed by atoms with E-state index in [1.807, 2.05) is 4.57 Å². The molecule has 0 amide bonds. The summed E-state index contributed by atoms with van der Waals surface area (Å²) < 4.78 is 81.1. The maximum absolute atomic E-state index is 13.7. The summed E-state index contributed by atoms with van der Waals surface area (Å²) in [6, 6.07) is 0.678. The summed E-state index contributed by atoms with van der Waals surface area (Å²) >= 11 is -1.40. The van der Waals surface area contributed by atoms with Crippen molar-refractivity contribution in [2.24, 2.45) is 7.05 Å². The summed E-state index contributed by atoms with van der Waals surface area (Å²) in [5.74, 6) is -4.08. The lowest BCUT2D eigenvalue weighted by atomic mass is 10.1. The van der Waals surface area contributed by atoms with Gasteiger partial charge in [0.05, 0.1) is 5.56 Å². The first kappa shape index (κ1) is 20.1. The Morgan fingerprint density at radius 2 is 1.86 bits per heavy atom. The van der Waals surface area contributed by atoms with Gasteiger partial charge < -0.3 is 9.12 Å². The average Bonchev–Trinajstić information content (AvgIpc) is 3.18. The van der Waals surface area contributed by atoms with Gasteiger partial charge in [0.1, 0.15) is 17.6 Å². The minimum atomic E-state index is -5.74. The van der Waals surface area contributed by atoms with Crippen molar-refractivity contribution in [3.05, 3.63) is 23.7 Å². The molecule has 0 N–H and O–H groups in total. The average molecular weight is 433 g/mol. The van der Waals surface area contributed by atoms with Crippen molar-refractivity contribution in [1.82, 2.24) is 24.1 Å². The molecule has 0 radical (unpaired) electrons. The van der Waals surface area contributed by atoms with Crippen molar-refractivity contribution < 1.29 is 26.5 Å². The van der Waals surface area contributed by atoms with E-state index in [9.17, 15) is 26.5 Å². The minimum Gasteiger partial charge on any atom is -0.610 e. The molecule has 0 fully saturated rings. The Bertz CT molecular complexity index is 1090. The van der Waals surface area contributed by atoms with E-state index in [1.54, 1.807) is 7.05 Å². The van der Waals surface area contributed by atoms with E-state index in [1.165, 1.54) is 10.8 Å². The highest BCUT2D eigenvalue weighted by molar-refractivity contribution is 7.90. The molecule has 4 heterocycles. The van der Waals surface area contributed by atoms with Gasteiger partial charge in [-0.15, -0.1) is 0 Å². The first-order chi connectivity index (χ1) is 13.5. The predicted molar refractivity (Wildman–Crippen MR) is 94.9 cm³/mol. The van der Waals surface area contributed by atoms with Crippen LogP contribution in [0.15, 0.2) is 17.3 Å². The van der Waals surface area contributed by atoms with Gasteiger partial charge in [-0.25, -0.2) is 15.0 Å². The molecule has 0 saturated carbocycles. The van der Waals surface area contributed by atoms with E-state index in [0.29, 0.717) is 35.9 Å². The van der Waals surface area contributed by atoms with Gasteiger partial charge >= 0.3 is 12.1 Å². The third kappa shape index (κ3) is 3.08. The first-order valence-electron chi connectivity index (χ1n) is 8.73. The molecule has 1 aliphatic rings. The van der Waals surface area contributed by atoms with Crippen molar-refractivity contribution in [1.29, 1.82) is 0 Å². The van der Waals surface area contributed by atoms with Crippen molar-refractivity contribution >= 4 is 22.3 Å². The van der Waals surface area contributed by atoms with E-state index < -0.39 is 28.8 Å². The number of halogens is 5. The molecule has 1 aliphatic heterocycles. The number of pyridine rings is 1. The SMILES string of the molecule is Cn1c(-c2nc3n(c2[S+](C)[O-])CCCC3)nc2cc(C(F)(F)C(F)(F)F)cnc21. The van der Waals surface area contributed by atoms with Crippen LogP contribution in [-0.2, 0) is 37.1 Å². The van der Waals surface area contributed by atoms with Crippen LogP contribution in [-0.4, -0.2) is 41.1 Å². The standard InChI is InChI=1S/C17H16F5N5OS/c1-26-13-10(7-9(8-23-13)16(18,19)17(20,21)22)24-14(26)12-15(29(2)28)27-6-4-3-5-11(27)25-12/h7-8H,3-6H2,1-2H3. The van der Waals surface area contributed by atoms with Crippen LogP contribution in [0, 0.1) is 0 Å². The zero-order chi connectivity index (χ0) is 21.1. The van der Waals surface area contributed by atoms with Gasteiger partial charge in [0.15, 0.2) is 17.2 Å². The number of alkyl halides is 5. The molecule has 3 aromatic rings. The second kappa shape index (κ2) is 6.66. The summed E-state index contributed by atoms with van der Waals surface area (Å²) in [6.07, 6.45) is -1.19. The number of rotatable bonds is 3. The van der Waals surface area contributed by atoms with Crippen molar-refractivity contribution in [2.75, 3.05) is 6.26 Å². The van der Waals surface area contributed by atoms with Gasteiger partial charge in [-0.3, -0.25) is 4.57 Å². The molecule has 4 rings (SSSR count). The number of aryl methyl sites for hydroxylation is 2. The molecule has 3 aromatic heterocycles. The lowest BCUT2D eigenvalue weighted by Gasteiger charge is -2.19. The fraction of sp³-hybridized carbons (Fsp3) is 0.471. The summed E-state index contributed by atoms with van der Waals surface area (Å²) in [4.78, 5) is 12.5. The molecular formula is C17H16F5N5OS. The van der Waals surface area contributed by atoms with Crippen molar-refractivity contribution in [3.8, 4) is 11.5 Å². The van der Waals surface area contributed by atoms with Crippen LogP contribution in [0.5, 0.6) is 0 Å². The largest absolute Gasteiger partial charge is 0.610 e. The molecule has 156 valence electrons. The molecule has 0 spiro atoms. The number of hydrogen-bond acceptors (Lipinski definition) is 4. The van der Waals surface area contributed by atoms with Crippen LogP contribution in [0.2, 0.25) is 0 Å². The molecule has 0 aliphatic carbocycles. The third-order valence-electron chi connectivity index (χ3n) is 4.94. The van der Waals surface area contributed by atoms with E-state index >= 15 is 0 Å². The van der Waals surface area contributed by atoms with Gasteiger partial charge in [-0.05, 0) is 18.9 Å². The Morgan fingerprint density at radius 1 is 1.14 bits per heavy atom. The summed E-state index contributed by atoms with van der Waals surface area (Å²) in [7, 11) is 1.56. The van der Waals surface area contributed by atoms with Gasteiger partial charge in [-0.2, -0.15) is 22.0 Å². The highest BCUT2D eigenvalue weighted by Crippen LogP contribution is 2.44. The fourth-order valence-electron chi connectivity index (χ4n) is 3.52. The van der Waals surface area contributed by atoms with Gasteiger partial charge in [-0.1, -0.05) is 0 Å². The Morgan fingerprint density at radius 3 is 2.52 bits per heavy atom. The zero-order valence-corrected chi connectivity index (χ0v) is 16.2. The summed E-state index contributed by atoms with van der Waals surface area (Å²) in [5, 5.41) is 0.457. The number of nitrogens with zero attached hydrogens (tertiary/aromatic N) is 5. The lowest BCUT2D eigenvalue weighted by Crippen LogP contribution is -2.33. The maximum Gasteiger partial charge on any atom is 0.458 e. The predicted octanol–water partition coefficient (Wildman–Crippen LogP) is 3.56. The monoisotopic (exact) mass is 433 g/mol. The maximum atomic E-state index is 13.7. The van der Waals surface area contributed by atoms with Gasteiger partial charge in [0, 0.05) is 37.4 Å². The Balaban J connectivity index is 1.89. The summed E-state index contributed by atoms with van der Waals surface area (Å²) in [5.41, 5.74) is -0.957. The van der Waals surface area contributed by atoms with Gasteiger partial charge in [0.25, 0.3) is 5.03 Å². The lowest BCUT2D eigenvalue weighted by molar-refractivity contribution is -0.289. The Kier molecular flexibility index (Phi) is 4.61. The highest BCUT2D eigenvalue weighted by atomic mass is 32.2. The molecule has 0 saturated heterocycles. The molecular weight excluding hydrogens is 417 g/mol. The molecule has 1 atom stereocenters. The highest BCUT2D eigenvalue weighted by Gasteiger charge is 2.59. The molecule has 0 aromatic carbocycles. The summed E-state index contributed by atoms with van der Waals surface area (Å²) in [6.45, 7) is 0.654. The fourth-order valence-corrected chi connectivity index (χ4v) is 4.43. The topological polar surface area (TPSA) is 71.6 Å². The molecule has 1 unspecified atom stereocenters. The van der Waals surface area contributed by atoms with Crippen LogP contribution >= 0.6 is 0 Å². The van der Waals surface area contributed by atoms with Crippen LogP contribution < -0.4 is 0 Å². The zero-order valence-electron chi connectivity index (χ0n) is 15.4. The van der Waals surface area contributed by atoms with Crippen molar-refractivity contribution in [3.63, 3.8) is 0 Å². The number of fused-ring (bicyclic) bond motifs is 2. The van der Waals surface area contributed by atoms with Crippen molar-refractivity contribution in [2.45, 2.75) is 42.9 Å². The van der Waals surface area contributed by atoms with Crippen LogP contribution in [0.3, 0.4) is 0 Å². The Labute approximate surface area is 165 Å².